The quantitative estimate of drug-likeness (QED) is 0.796. The molecule has 26 heavy (non-hydrogen) atoms. The Morgan fingerprint density at radius 2 is 2.08 bits per heavy atom. The lowest BCUT2D eigenvalue weighted by Gasteiger charge is -2.38. The number of carbonyl (C=O) groups is 2. The second-order valence-corrected chi connectivity index (χ2v) is 7.84. The maximum absolute atomic E-state index is 11.7. The zero-order chi connectivity index (χ0) is 18.7. The van der Waals surface area contributed by atoms with Crippen molar-refractivity contribution in [2.24, 2.45) is 0 Å². The van der Waals surface area contributed by atoms with Crippen LogP contribution in [0.2, 0.25) is 0 Å². The average molecular weight is 355 g/mol. The highest BCUT2D eigenvalue weighted by molar-refractivity contribution is 5.79. The highest BCUT2D eigenvalue weighted by Crippen LogP contribution is 2.36. The fourth-order valence-electron chi connectivity index (χ4n) is 4.32. The molecule has 3 rings (SSSR count). The van der Waals surface area contributed by atoms with E-state index in [4.69, 9.17) is 0 Å². The van der Waals surface area contributed by atoms with Crippen LogP contribution in [0.4, 0.5) is 0 Å². The zero-order valence-corrected chi connectivity index (χ0v) is 15.8. The summed E-state index contributed by atoms with van der Waals surface area (Å²) in [5, 5.41) is 6.29. The Hall–Kier alpha value is -1.98. The van der Waals surface area contributed by atoms with Crippen molar-refractivity contribution in [1.82, 2.24) is 15.5 Å². The maximum Gasteiger partial charge on any atom is 0.224 e. The van der Waals surface area contributed by atoms with Crippen LogP contribution in [-0.4, -0.2) is 43.3 Å². The molecule has 2 saturated heterocycles. The van der Waals surface area contributed by atoms with E-state index in [0.717, 1.165) is 55.5 Å². The molecule has 0 aromatic heterocycles. The van der Waals surface area contributed by atoms with Gasteiger partial charge >= 0.3 is 0 Å². The molecule has 0 aliphatic carbocycles. The van der Waals surface area contributed by atoms with Crippen molar-refractivity contribution in [3.05, 3.63) is 47.2 Å². The van der Waals surface area contributed by atoms with E-state index in [0.29, 0.717) is 13.0 Å². The number of benzene rings is 1. The van der Waals surface area contributed by atoms with Crippen molar-refractivity contribution in [2.75, 3.05) is 20.1 Å². The van der Waals surface area contributed by atoms with Gasteiger partial charge in [0.15, 0.2) is 0 Å². The lowest BCUT2D eigenvalue weighted by molar-refractivity contribution is -0.121. The van der Waals surface area contributed by atoms with Crippen molar-refractivity contribution in [2.45, 2.75) is 50.6 Å². The summed E-state index contributed by atoms with van der Waals surface area (Å²) in [6.07, 6.45) is 4.38. The SMILES string of the molecule is C=C1NC(=O)CCC1N(C)Cc1c(C=O)cccc1C1(C)CCNCC1. The molecule has 5 nitrogen and oxygen atoms in total. The van der Waals surface area contributed by atoms with Gasteiger partial charge in [0, 0.05) is 30.3 Å². The molecule has 1 aromatic rings. The fourth-order valence-corrected chi connectivity index (χ4v) is 4.32. The molecule has 0 radical (unpaired) electrons. The standard InChI is InChI=1S/C21H29N3O2/c1-15-19(7-8-20(26)23-15)24(3)13-17-16(14-25)5-4-6-18(17)21(2)9-11-22-12-10-21/h4-6,14,19,22H,1,7-13H2,2-3H3,(H,23,26). The van der Waals surface area contributed by atoms with Crippen LogP contribution in [-0.2, 0) is 16.8 Å². The summed E-state index contributed by atoms with van der Waals surface area (Å²) >= 11 is 0. The average Bonchev–Trinajstić information content (AvgIpc) is 2.62. The van der Waals surface area contributed by atoms with Crippen molar-refractivity contribution >= 4 is 12.2 Å². The molecule has 0 saturated carbocycles. The largest absolute Gasteiger partial charge is 0.329 e. The first-order valence-corrected chi connectivity index (χ1v) is 9.42. The first-order chi connectivity index (χ1) is 12.4. The van der Waals surface area contributed by atoms with Crippen LogP contribution in [0, 0.1) is 0 Å². The lowest BCUT2D eigenvalue weighted by atomic mass is 9.72. The molecule has 2 aliphatic heterocycles. The number of carbonyl (C=O) groups excluding carboxylic acids is 2. The van der Waals surface area contributed by atoms with E-state index in [1.165, 1.54) is 5.56 Å². The summed E-state index contributed by atoms with van der Waals surface area (Å²) in [6, 6.07) is 6.18. The Balaban J connectivity index is 1.89. The topological polar surface area (TPSA) is 61.4 Å². The van der Waals surface area contributed by atoms with Crippen LogP contribution >= 0.6 is 0 Å². The van der Waals surface area contributed by atoms with Crippen LogP contribution in [0.1, 0.15) is 54.1 Å². The molecule has 140 valence electrons. The Kier molecular flexibility index (Phi) is 5.58. The number of nitrogens with zero attached hydrogens (tertiary/aromatic N) is 1. The number of hydrogen-bond acceptors (Lipinski definition) is 4. The first-order valence-electron chi connectivity index (χ1n) is 9.42. The number of nitrogens with one attached hydrogen (secondary N) is 2. The third-order valence-electron chi connectivity index (χ3n) is 5.98. The normalized spacial score (nSPS) is 23.0. The molecular weight excluding hydrogens is 326 g/mol. The Bertz CT molecular complexity index is 707. The van der Waals surface area contributed by atoms with Gasteiger partial charge in [0.05, 0.1) is 0 Å². The van der Waals surface area contributed by atoms with Gasteiger partial charge in [-0.05, 0) is 55.9 Å². The van der Waals surface area contributed by atoms with Crippen molar-refractivity contribution in [3.8, 4) is 0 Å². The second kappa shape index (κ2) is 7.72. The molecule has 2 aliphatic rings. The molecule has 2 fully saturated rings. The number of likely N-dealkylation sites (N-methyl/N-ethyl adjacent to an activating group) is 1. The van der Waals surface area contributed by atoms with E-state index in [1.54, 1.807) is 0 Å². The maximum atomic E-state index is 11.7. The van der Waals surface area contributed by atoms with E-state index in [-0.39, 0.29) is 17.4 Å². The predicted molar refractivity (Wildman–Crippen MR) is 103 cm³/mol. The van der Waals surface area contributed by atoms with Gasteiger partial charge in [-0.25, -0.2) is 0 Å². The van der Waals surface area contributed by atoms with Gasteiger partial charge in [-0.15, -0.1) is 0 Å². The molecule has 1 amide bonds. The Labute approximate surface area is 155 Å². The molecule has 1 aromatic carbocycles. The van der Waals surface area contributed by atoms with Gasteiger partial charge in [0.1, 0.15) is 6.29 Å². The summed E-state index contributed by atoms with van der Waals surface area (Å²) < 4.78 is 0. The van der Waals surface area contributed by atoms with Gasteiger partial charge in [0.2, 0.25) is 5.91 Å². The Morgan fingerprint density at radius 1 is 1.35 bits per heavy atom. The van der Waals surface area contributed by atoms with Crippen molar-refractivity contribution < 1.29 is 9.59 Å². The van der Waals surface area contributed by atoms with Gasteiger partial charge < -0.3 is 10.6 Å². The summed E-state index contributed by atoms with van der Waals surface area (Å²) in [6.45, 7) is 9.01. The van der Waals surface area contributed by atoms with E-state index in [9.17, 15) is 9.59 Å². The van der Waals surface area contributed by atoms with E-state index in [2.05, 4.69) is 35.1 Å². The number of rotatable bonds is 5. The van der Waals surface area contributed by atoms with E-state index < -0.39 is 0 Å². The Morgan fingerprint density at radius 3 is 2.73 bits per heavy atom. The fraction of sp³-hybridized carbons (Fsp3) is 0.524. The molecule has 1 atom stereocenters. The minimum Gasteiger partial charge on any atom is -0.329 e. The van der Waals surface area contributed by atoms with Crippen LogP contribution < -0.4 is 10.6 Å². The van der Waals surface area contributed by atoms with E-state index in [1.807, 2.05) is 19.2 Å². The van der Waals surface area contributed by atoms with Crippen LogP contribution in [0.25, 0.3) is 0 Å². The second-order valence-electron chi connectivity index (χ2n) is 7.84. The van der Waals surface area contributed by atoms with Crippen LogP contribution in [0.3, 0.4) is 0 Å². The summed E-state index contributed by atoms with van der Waals surface area (Å²) in [5.41, 5.74) is 3.99. The van der Waals surface area contributed by atoms with Gasteiger partial charge in [0.25, 0.3) is 0 Å². The number of amides is 1. The minimum atomic E-state index is 0.0378. The van der Waals surface area contributed by atoms with E-state index >= 15 is 0 Å². The molecule has 0 spiro atoms. The minimum absolute atomic E-state index is 0.0378. The van der Waals surface area contributed by atoms with Gasteiger partial charge in [-0.1, -0.05) is 31.7 Å². The van der Waals surface area contributed by atoms with Gasteiger partial charge in [-0.2, -0.15) is 0 Å². The smallest absolute Gasteiger partial charge is 0.224 e. The molecule has 5 heteroatoms. The molecule has 0 bridgehead atoms. The van der Waals surface area contributed by atoms with Crippen molar-refractivity contribution in [3.63, 3.8) is 0 Å². The number of hydrogen-bond donors (Lipinski definition) is 2. The molecule has 2 heterocycles. The highest BCUT2D eigenvalue weighted by Gasteiger charge is 2.33. The molecular formula is C21H29N3O2. The zero-order valence-electron chi connectivity index (χ0n) is 15.8. The van der Waals surface area contributed by atoms with Crippen LogP contribution in [0.5, 0.6) is 0 Å². The number of piperidine rings is 2. The van der Waals surface area contributed by atoms with Gasteiger partial charge in [-0.3, -0.25) is 14.5 Å². The summed E-state index contributed by atoms with van der Waals surface area (Å²) in [5.74, 6) is 0.0378. The predicted octanol–water partition coefficient (Wildman–Crippen LogP) is 2.36. The molecule has 2 N–H and O–H groups in total. The number of aldehydes is 1. The first kappa shape index (κ1) is 18.8. The molecule has 1 unspecified atom stereocenters. The third-order valence-corrected chi connectivity index (χ3v) is 5.98. The summed E-state index contributed by atoms with van der Waals surface area (Å²) in [4.78, 5) is 25.5. The van der Waals surface area contributed by atoms with Crippen molar-refractivity contribution in [1.29, 1.82) is 0 Å². The summed E-state index contributed by atoms with van der Waals surface area (Å²) in [7, 11) is 2.05. The third kappa shape index (κ3) is 3.74. The van der Waals surface area contributed by atoms with Crippen LogP contribution in [0.15, 0.2) is 30.5 Å². The highest BCUT2D eigenvalue weighted by atomic mass is 16.1. The lowest BCUT2D eigenvalue weighted by Crippen LogP contribution is -2.44. The monoisotopic (exact) mass is 355 g/mol.